The second kappa shape index (κ2) is 9.94. The number of aromatic amines is 1. The first kappa shape index (κ1) is 20.7. The van der Waals surface area contributed by atoms with Crippen LogP contribution in [-0.4, -0.2) is 52.7 Å². The number of fused-ring (bicyclic) bond motifs is 1. The van der Waals surface area contributed by atoms with Crippen LogP contribution in [0.5, 0.6) is 0 Å². The summed E-state index contributed by atoms with van der Waals surface area (Å²) in [7, 11) is 1.95. The maximum atomic E-state index is 12.3. The number of likely N-dealkylation sites (N-methyl/N-ethyl adjacent to an activating group) is 1. The summed E-state index contributed by atoms with van der Waals surface area (Å²) in [6, 6.07) is 7.74. The molecule has 8 heteroatoms. The number of para-hydroxylation sites is 1. The van der Waals surface area contributed by atoms with Gasteiger partial charge in [0, 0.05) is 31.3 Å². The number of benzene rings is 1. The van der Waals surface area contributed by atoms with E-state index in [0.717, 1.165) is 31.7 Å². The minimum atomic E-state index is -0.108. The summed E-state index contributed by atoms with van der Waals surface area (Å²) in [6.45, 7) is 1.67. The first-order valence-electron chi connectivity index (χ1n) is 8.68. The van der Waals surface area contributed by atoms with E-state index in [-0.39, 0.29) is 23.9 Å². The van der Waals surface area contributed by atoms with Crippen LogP contribution >= 0.6 is 24.2 Å². The number of nitrogens with one attached hydrogen (secondary N) is 2. The molecule has 0 bridgehead atoms. The molecule has 2 N–H and O–H groups in total. The van der Waals surface area contributed by atoms with E-state index in [1.807, 2.05) is 30.1 Å². The highest BCUT2D eigenvalue weighted by Gasteiger charge is 2.21. The van der Waals surface area contributed by atoms with Crippen molar-refractivity contribution >= 4 is 41.0 Å². The van der Waals surface area contributed by atoms with Crippen molar-refractivity contribution in [3.05, 3.63) is 40.4 Å². The summed E-state index contributed by atoms with van der Waals surface area (Å²) >= 11 is 1.63. The van der Waals surface area contributed by atoms with Gasteiger partial charge in [0.2, 0.25) is 5.91 Å². The SMILES string of the molecule is CNC1CCCN(C(=O)CCSCc2nc3ccccc3c(=O)[nH]2)C1.Cl. The van der Waals surface area contributed by atoms with Crippen molar-refractivity contribution in [2.75, 3.05) is 25.9 Å². The average Bonchev–Trinajstić information content (AvgIpc) is 2.65. The average molecular weight is 397 g/mol. The number of carbonyl (C=O) groups is 1. The van der Waals surface area contributed by atoms with Gasteiger partial charge in [-0.05, 0) is 32.0 Å². The Morgan fingerprint density at radius 1 is 1.42 bits per heavy atom. The molecule has 2 heterocycles. The molecule has 1 atom stereocenters. The Morgan fingerprint density at radius 2 is 2.23 bits per heavy atom. The van der Waals surface area contributed by atoms with Crippen molar-refractivity contribution in [2.45, 2.75) is 31.1 Å². The molecule has 1 unspecified atom stereocenters. The highest BCUT2D eigenvalue weighted by molar-refractivity contribution is 7.98. The highest BCUT2D eigenvalue weighted by Crippen LogP contribution is 2.15. The zero-order valence-electron chi connectivity index (χ0n) is 14.9. The number of piperidine rings is 1. The van der Waals surface area contributed by atoms with Crippen LogP contribution in [0.1, 0.15) is 25.1 Å². The summed E-state index contributed by atoms with van der Waals surface area (Å²) in [5, 5.41) is 3.86. The third kappa shape index (κ3) is 5.22. The van der Waals surface area contributed by atoms with Gasteiger partial charge in [-0.1, -0.05) is 12.1 Å². The normalized spacial score (nSPS) is 17.1. The summed E-state index contributed by atoms with van der Waals surface area (Å²) in [4.78, 5) is 33.6. The van der Waals surface area contributed by atoms with Crippen LogP contribution < -0.4 is 10.9 Å². The first-order chi connectivity index (χ1) is 12.2. The predicted molar refractivity (Wildman–Crippen MR) is 109 cm³/mol. The monoisotopic (exact) mass is 396 g/mol. The van der Waals surface area contributed by atoms with E-state index >= 15 is 0 Å². The van der Waals surface area contributed by atoms with Gasteiger partial charge in [-0.2, -0.15) is 11.8 Å². The van der Waals surface area contributed by atoms with Crippen molar-refractivity contribution in [3.63, 3.8) is 0 Å². The van der Waals surface area contributed by atoms with E-state index < -0.39 is 0 Å². The maximum Gasteiger partial charge on any atom is 0.258 e. The van der Waals surface area contributed by atoms with Gasteiger partial charge in [0.15, 0.2) is 0 Å². The number of likely N-dealkylation sites (tertiary alicyclic amines) is 1. The number of rotatable bonds is 6. The van der Waals surface area contributed by atoms with Crippen LogP contribution in [0.15, 0.2) is 29.1 Å². The van der Waals surface area contributed by atoms with Crippen molar-refractivity contribution in [1.82, 2.24) is 20.2 Å². The molecule has 2 aromatic rings. The summed E-state index contributed by atoms with van der Waals surface area (Å²) in [5.41, 5.74) is 0.605. The molecule has 1 aliphatic heterocycles. The van der Waals surface area contributed by atoms with E-state index in [0.29, 0.717) is 34.9 Å². The topological polar surface area (TPSA) is 78.1 Å². The van der Waals surface area contributed by atoms with E-state index in [2.05, 4.69) is 15.3 Å². The molecule has 0 saturated carbocycles. The van der Waals surface area contributed by atoms with Gasteiger partial charge in [0.25, 0.3) is 5.56 Å². The molecule has 26 heavy (non-hydrogen) atoms. The van der Waals surface area contributed by atoms with Crippen LogP contribution in [-0.2, 0) is 10.5 Å². The number of halogens is 1. The van der Waals surface area contributed by atoms with E-state index in [4.69, 9.17) is 0 Å². The number of hydrogen-bond acceptors (Lipinski definition) is 5. The lowest BCUT2D eigenvalue weighted by Gasteiger charge is -2.32. The molecule has 3 rings (SSSR count). The first-order valence-corrected chi connectivity index (χ1v) is 9.83. The second-order valence-electron chi connectivity index (χ2n) is 6.30. The summed E-state index contributed by atoms with van der Waals surface area (Å²) in [5.74, 6) is 2.21. The fourth-order valence-electron chi connectivity index (χ4n) is 3.13. The third-order valence-corrected chi connectivity index (χ3v) is 5.51. The van der Waals surface area contributed by atoms with Crippen LogP contribution in [0.25, 0.3) is 10.9 Å². The van der Waals surface area contributed by atoms with Crippen LogP contribution in [0.4, 0.5) is 0 Å². The van der Waals surface area contributed by atoms with Crippen molar-refractivity contribution in [2.24, 2.45) is 0 Å². The van der Waals surface area contributed by atoms with Gasteiger partial charge in [0.1, 0.15) is 5.82 Å². The number of H-pyrrole nitrogens is 1. The molecule has 1 aliphatic rings. The predicted octanol–water partition coefficient (Wildman–Crippen LogP) is 2.18. The van der Waals surface area contributed by atoms with Crippen LogP contribution in [0.3, 0.4) is 0 Å². The fourth-order valence-corrected chi connectivity index (χ4v) is 3.92. The summed E-state index contributed by atoms with van der Waals surface area (Å²) < 4.78 is 0. The molecule has 1 aromatic carbocycles. The summed E-state index contributed by atoms with van der Waals surface area (Å²) in [6.07, 6.45) is 2.72. The Labute approximate surface area is 163 Å². The van der Waals surface area contributed by atoms with Crippen molar-refractivity contribution < 1.29 is 4.79 Å². The largest absolute Gasteiger partial charge is 0.341 e. The standard InChI is InChI=1S/C18H24N4O2S.ClH/c1-19-13-5-4-9-22(11-13)17(23)8-10-25-12-16-20-15-7-3-2-6-14(15)18(24)21-16;/h2-3,6-7,13,19H,4-5,8-12H2,1H3,(H,20,21,24);1H. The maximum absolute atomic E-state index is 12.3. The van der Waals surface area contributed by atoms with E-state index in [9.17, 15) is 9.59 Å². The molecule has 1 amide bonds. The zero-order valence-corrected chi connectivity index (χ0v) is 16.5. The molecular weight excluding hydrogens is 372 g/mol. The van der Waals surface area contributed by atoms with Crippen LogP contribution in [0.2, 0.25) is 0 Å². The van der Waals surface area contributed by atoms with Crippen LogP contribution in [0, 0.1) is 0 Å². The Balaban J connectivity index is 0.00000243. The van der Waals surface area contributed by atoms with Gasteiger partial charge in [0.05, 0.1) is 16.7 Å². The lowest BCUT2D eigenvalue weighted by Crippen LogP contribution is -2.47. The minimum Gasteiger partial charge on any atom is -0.341 e. The Morgan fingerprint density at radius 3 is 3.04 bits per heavy atom. The van der Waals surface area contributed by atoms with E-state index in [1.54, 1.807) is 17.8 Å². The van der Waals surface area contributed by atoms with Crippen molar-refractivity contribution in [1.29, 1.82) is 0 Å². The van der Waals surface area contributed by atoms with Gasteiger partial charge >= 0.3 is 0 Å². The lowest BCUT2D eigenvalue weighted by atomic mass is 10.1. The fraction of sp³-hybridized carbons (Fsp3) is 0.500. The van der Waals surface area contributed by atoms with Gasteiger partial charge < -0.3 is 15.2 Å². The quantitative estimate of drug-likeness (QED) is 0.732. The van der Waals surface area contributed by atoms with Gasteiger partial charge in [-0.15, -0.1) is 12.4 Å². The lowest BCUT2D eigenvalue weighted by molar-refractivity contribution is -0.132. The molecule has 0 aliphatic carbocycles. The van der Waals surface area contributed by atoms with E-state index in [1.165, 1.54) is 0 Å². The zero-order chi connectivity index (χ0) is 17.6. The number of nitrogens with zero attached hydrogens (tertiary/aromatic N) is 2. The van der Waals surface area contributed by atoms with Gasteiger partial charge in [-0.3, -0.25) is 9.59 Å². The molecule has 0 spiro atoms. The smallest absolute Gasteiger partial charge is 0.258 e. The molecule has 1 aromatic heterocycles. The second-order valence-corrected chi connectivity index (χ2v) is 7.41. The Hall–Kier alpha value is -1.57. The van der Waals surface area contributed by atoms with Gasteiger partial charge in [-0.25, -0.2) is 4.98 Å². The number of aromatic nitrogens is 2. The molecule has 142 valence electrons. The molecule has 0 radical (unpaired) electrons. The molecule has 1 saturated heterocycles. The number of amides is 1. The number of hydrogen-bond donors (Lipinski definition) is 2. The Kier molecular flexibility index (Phi) is 7.93. The molecule has 6 nitrogen and oxygen atoms in total. The number of carbonyl (C=O) groups excluding carboxylic acids is 1. The third-order valence-electron chi connectivity index (χ3n) is 4.54. The molecule has 1 fully saturated rings. The van der Waals surface area contributed by atoms with Crippen molar-refractivity contribution in [3.8, 4) is 0 Å². The Bertz CT molecular complexity index is 798. The number of thioether (sulfide) groups is 1. The molecular formula is C18H25ClN4O2S. The minimum absolute atomic E-state index is 0. The highest BCUT2D eigenvalue weighted by atomic mass is 35.5.